The molecule has 0 fully saturated rings. The molecule has 0 aliphatic carbocycles. The van der Waals surface area contributed by atoms with Crippen molar-refractivity contribution in [2.75, 3.05) is 24.7 Å². The van der Waals surface area contributed by atoms with Crippen LogP contribution in [0.25, 0.3) is 0 Å². The number of sulfone groups is 1. The van der Waals surface area contributed by atoms with Crippen LogP contribution in [-0.2, 0) is 30.5 Å². The van der Waals surface area contributed by atoms with Crippen LogP contribution in [0.5, 0.6) is 0 Å². The first-order valence-corrected chi connectivity index (χ1v) is 9.84. The Labute approximate surface area is 148 Å². The predicted octanol–water partition coefficient (Wildman–Crippen LogP) is 1.70. The zero-order chi connectivity index (χ0) is 18.9. The maximum absolute atomic E-state index is 12.4. The Hall–Kier alpha value is -2.09. The largest absolute Gasteiger partial charge is 0.465 e. The molecule has 140 valence electrons. The number of rotatable bonds is 10. The molecule has 0 saturated carbocycles. The molecule has 0 aliphatic rings. The van der Waals surface area contributed by atoms with Crippen LogP contribution in [-0.4, -0.2) is 45.2 Å². The van der Waals surface area contributed by atoms with Crippen molar-refractivity contribution in [2.24, 2.45) is 11.1 Å². The van der Waals surface area contributed by atoms with E-state index in [-0.39, 0.29) is 12.4 Å². The Morgan fingerprint density at radius 3 is 2.36 bits per heavy atom. The first-order chi connectivity index (χ1) is 11.7. The second-order valence-corrected chi connectivity index (χ2v) is 8.25. The molecule has 1 rings (SSSR count). The SMILES string of the molecule is CCOC(=O)C(C)(COC(N)=O)CS(=O)(=O)CCCc1ccccc1. The van der Waals surface area contributed by atoms with Gasteiger partial charge in [0.15, 0.2) is 9.84 Å². The zero-order valence-corrected chi connectivity index (χ0v) is 15.4. The number of carbonyl (C=O) groups is 2. The van der Waals surface area contributed by atoms with Gasteiger partial charge in [0.2, 0.25) is 0 Å². The molecule has 0 bridgehead atoms. The first-order valence-electron chi connectivity index (χ1n) is 8.02. The van der Waals surface area contributed by atoms with Gasteiger partial charge in [0.25, 0.3) is 0 Å². The summed E-state index contributed by atoms with van der Waals surface area (Å²) in [5, 5.41) is 0. The summed E-state index contributed by atoms with van der Waals surface area (Å²) >= 11 is 0. The van der Waals surface area contributed by atoms with Crippen LogP contribution in [0.4, 0.5) is 4.79 Å². The first kappa shape index (κ1) is 21.0. The maximum atomic E-state index is 12.4. The molecule has 25 heavy (non-hydrogen) atoms. The van der Waals surface area contributed by atoms with Gasteiger partial charge in [-0.3, -0.25) is 4.79 Å². The number of hydrogen-bond acceptors (Lipinski definition) is 6. The Morgan fingerprint density at radius 2 is 1.80 bits per heavy atom. The highest BCUT2D eigenvalue weighted by Crippen LogP contribution is 2.23. The third-order valence-corrected chi connectivity index (χ3v) is 5.59. The molecule has 7 nitrogen and oxygen atoms in total. The number of benzene rings is 1. The summed E-state index contributed by atoms with van der Waals surface area (Å²) in [6, 6.07) is 9.53. The second kappa shape index (κ2) is 9.41. The van der Waals surface area contributed by atoms with Gasteiger partial charge in [-0.2, -0.15) is 0 Å². The van der Waals surface area contributed by atoms with Gasteiger partial charge in [0.05, 0.1) is 18.1 Å². The molecule has 1 amide bonds. The third kappa shape index (κ3) is 7.55. The molecular weight excluding hydrogens is 346 g/mol. The van der Waals surface area contributed by atoms with Gasteiger partial charge in [-0.1, -0.05) is 30.3 Å². The number of carbonyl (C=O) groups excluding carboxylic acids is 2. The molecule has 0 radical (unpaired) electrons. The molecule has 1 unspecified atom stereocenters. The van der Waals surface area contributed by atoms with E-state index in [1.807, 2.05) is 30.3 Å². The summed E-state index contributed by atoms with van der Waals surface area (Å²) in [5.74, 6) is -1.28. The van der Waals surface area contributed by atoms with E-state index in [2.05, 4.69) is 4.74 Å². The summed E-state index contributed by atoms with van der Waals surface area (Å²) in [4.78, 5) is 23.0. The number of aryl methyl sites for hydroxylation is 1. The van der Waals surface area contributed by atoms with Crippen LogP contribution < -0.4 is 5.73 Å². The van der Waals surface area contributed by atoms with Crippen LogP contribution in [0.3, 0.4) is 0 Å². The monoisotopic (exact) mass is 371 g/mol. The Bertz CT molecular complexity index is 674. The molecule has 0 saturated heterocycles. The van der Waals surface area contributed by atoms with Gasteiger partial charge in [0.1, 0.15) is 12.0 Å². The van der Waals surface area contributed by atoms with Crippen LogP contribution in [0.15, 0.2) is 30.3 Å². The minimum Gasteiger partial charge on any atom is -0.465 e. The van der Waals surface area contributed by atoms with E-state index < -0.39 is 39.7 Å². The Balaban J connectivity index is 2.72. The lowest BCUT2D eigenvalue weighted by Crippen LogP contribution is -2.42. The number of nitrogens with two attached hydrogens (primary N) is 1. The number of esters is 1. The average molecular weight is 371 g/mol. The molecule has 2 N–H and O–H groups in total. The summed E-state index contributed by atoms with van der Waals surface area (Å²) in [5.41, 5.74) is 4.47. The van der Waals surface area contributed by atoms with Gasteiger partial charge in [0, 0.05) is 0 Å². The fourth-order valence-electron chi connectivity index (χ4n) is 2.39. The van der Waals surface area contributed by atoms with E-state index in [1.165, 1.54) is 6.92 Å². The van der Waals surface area contributed by atoms with E-state index in [9.17, 15) is 18.0 Å². The molecule has 1 atom stereocenters. The molecule has 1 aromatic rings. The van der Waals surface area contributed by atoms with Crippen molar-refractivity contribution in [1.82, 2.24) is 0 Å². The number of hydrogen-bond donors (Lipinski definition) is 1. The van der Waals surface area contributed by atoms with Gasteiger partial charge in [-0.05, 0) is 32.3 Å². The highest BCUT2D eigenvalue weighted by atomic mass is 32.2. The van der Waals surface area contributed by atoms with E-state index in [4.69, 9.17) is 10.5 Å². The highest BCUT2D eigenvalue weighted by Gasteiger charge is 2.40. The van der Waals surface area contributed by atoms with Gasteiger partial charge in [-0.25, -0.2) is 13.2 Å². The molecular formula is C17H25NO6S. The van der Waals surface area contributed by atoms with Crippen molar-refractivity contribution >= 4 is 21.9 Å². The predicted molar refractivity (Wildman–Crippen MR) is 93.7 cm³/mol. The zero-order valence-electron chi connectivity index (χ0n) is 14.6. The van der Waals surface area contributed by atoms with Crippen molar-refractivity contribution in [3.05, 3.63) is 35.9 Å². The van der Waals surface area contributed by atoms with Crippen molar-refractivity contribution in [2.45, 2.75) is 26.7 Å². The molecule has 1 aromatic carbocycles. The minimum absolute atomic E-state index is 0.0759. The standard InChI is InChI=1S/C17H25NO6S/c1-3-23-15(19)17(2,12-24-16(18)20)13-25(21,22)11-7-10-14-8-5-4-6-9-14/h4-6,8-9H,3,7,10-13H2,1-2H3,(H2,18,20). The normalized spacial score (nSPS) is 13.7. The summed E-state index contributed by atoms with van der Waals surface area (Å²) < 4.78 is 34.4. The van der Waals surface area contributed by atoms with Gasteiger partial charge >= 0.3 is 12.1 Å². The smallest absolute Gasteiger partial charge is 0.404 e. The molecule has 0 spiro atoms. The summed E-state index contributed by atoms with van der Waals surface area (Å²) in [7, 11) is -3.55. The van der Waals surface area contributed by atoms with Crippen molar-refractivity contribution < 1.29 is 27.5 Å². The van der Waals surface area contributed by atoms with Crippen LogP contribution in [0.1, 0.15) is 25.8 Å². The molecule has 0 aromatic heterocycles. The Kier molecular flexibility index (Phi) is 7.89. The number of amides is 1. The molecule has 0 aliphatic heterocycles. The lowest BCUT2D eigenvalue weighted by atomic mass is 9.95. The fourth-order valence-corrected chi connectivity index (χ4v) is 4.29. The fraction of sp³-hybridized carbons (Fsp3) is 0.529. The lowest BCUT2D eigenvalue weighted by molar-refractivity contribution is -0.155. The summed E-state index contributed by atoms with van der Waals surface area (Å²) in [6.07, 6.45) is -0.0207. The average Bonchev–Trinajstić information content (AvgIpc) is 2.53. The highest BCUT2D eigenvalue weighted by molar-refractivity contribution is 7.91. The maximum Gasteiger partial charge on any atom is 0.404 e. The van der Waals surface area contributed by atoms with Gasteiger partial charge < -0.3 is 15.2 Å². The van der Waals surface area contributed by atoms with E-state index >= 15 is 0 Å². The minimum atomic E-state index is -3.55. The second-order valence-electron chi connectivity index (χ2n) is 6.07. The van der Waals surface area contributed by atoms with Crippen LogP contribution >= 0.6 is 0 Å². The van der Waals surface area contributed by atoms with Crippen molar-refractivity contribution in [3.8, 4) is 0 Å². The van der Waals surface area contributed by atoms with Crippen molar-refractivity contribution in [1.29, 1.82) is 0 Å². The van der Waals surface area contributed by atoms with Gasteiger partial charge in [-0.15, -0.1) is 0 Å². The van der Waals surface area contributed by atoms with E-state index in [1.54, 1.807) is 6.92 Å². The van der Waals surface area contributed by atoms with E-state index in [0.29, 0.717) is 12.8 Å². The summed E-state index contributed by atoms with van der Waals surface area (Å²) in [6.45, 7) is 2.66. The Morgan fingerprint density at radius 1 is 1.16 bits per heavy atom. The molecule has 0 heterocycles. The number of primary amides is 1. The third-order valence-electron chi connectivity index (χ3n) is 3.60. The number of ether oxygens (including phenoxy) is 2. The van der Waals surface area contributed by atoms with E-state index in [0.717, 1.165) is 5.56 Å². The molecule has 8 heteroatoms. The van der Waals surface area contributed by atoms with Crippen LogP contribution in [0.2, 0.25) is 0 Å². The van der Waals surface area contributed by atoms with Crippen molar-refractivity contribution in [3.63, 3.8) is 0 Å². The van der Waals surface area contributed by atoms with Crippen LogP contribution in [0, 0.1) is 5.41 Å². The topological polar surface area (TPSA) is 113 Å². The quantitative estimate of drug-likeness (QED) is 0.626. The lowest BCUT2D eigenvalue weighted by Gasteiger charge is -2.26.